The van der Waals surface area contributed by atoms with E-state index >= 15 is 0 Å². The molecular weight excluding hydrogens is 319 g/mol. The number of rotatable bonds is 4. The van der Waals surface area contributed by atoms with E-state index in [2.05, 4.69) is 20.6 Å². The first-order valence-corrected chi connectivity index (χ1v) is 7.25. The third-order valence-corrected chi connectivity index (χ3v) is 3.29. The Kier molecular flexibility index (Phi) is 4.50. The molecule has 0 aliphatic carbocycles. The number of hydrogen-bond donors (Lipinski definition) is 2. The highest BCUT2D eigenvalue weighted by Crippen LogP contribution is 2.21. The average Bonchev–Trinajstić information content (AvgIpc) is 2.66. The van der Waals surface area contributed by atoms with E-state index in [-0.39, 0.29) is 11.8 Å². The molecule has 0 unspecified atom stereocenters. The van der Waals surface area contributed by atoms with Crippen LogP contribution in [0.2, 0.25) is 0 Å². The number of aromatic nitrogens is 2. The van der Waals surface area contributed by atoms with Gasteiger partial charge in [0, 0.05) is 11.4 Å². The van der Waals surface area contributed by atoms with E-state index in [1.54, 1.807) is 48.5 Å². The second kappa shape index (κ2) is 7.07. The Morgan fingerprint density at radius 1 is 0.800 bits per heavy atom. The fourth-order valence-corrected chi connectivity index (χ4v) is 2.04. The van der Waals surface area contributed by atoms with Gasteiger partial charge in [-0.3, -0.25) is 0 Å². The molecule has 0 saturated carbocycles. The SMILES string of the molecule is N#Cc1ccc(Nc2ncc(F)c(Nc3ccc(C#N)cc3)n2)cc1. The van der Waals surface area contributed by atoms with E-state index in [4.69, 9.17) is 10.5 Å². The van der Waals surface area contributed by atoms with Crippen LogP contribution in [-0.2, 0) is 0 Å². The average molecular weight is 330 g/mol. The lowest BCUT2D eigenvalue weighted by molar-refractivity contribution is 0.619. The van der Waals surface area contributed by atoms with E-state index in [1.807, 2.05) is 12.1 Å². The number of benzene rings is 2. The van der Waals surface area contributed by atoms with Crippen molar-refractivity contribution in [2.45, 2.75) is 0 Å². The van der Waals surface area contributed by atoms with Crippen molar-refractivity contribution in [3.63, 3.8) is 0 Å². The number of halogens is 1. The summed E-state index contributed by atoms with van der Waals surface area (Å²) in [5.74, 6) is -0.382. The molecule has 0 radical (unpaired) electrons. The van der Waals surface area contributed by atoms with Crippen molar-refractivity contribution < 1.29 is 4.39 Å². The van der Waals surface area contributed by atoms with Crippen LogP contribution in [0.5, 0.6) is 0 Å². The Morgan fingerprint density at radius 2 is 1.32 bits per heavy atom. The molecular formula is C18H11FN6. The smallest absolute Gasteiger partial charge is 0.229 e. The first-order valence-electron chi connectivity index (χ1n) is 7.25. The van der Waals surface area contributed by atoms with E-state index in [1.165, 1.54) is 0 Å². The summed E-state index contributed by atoms with van der Waals surface area (Å²) >= 11 is 0. The van der Waals surface area contributed by atoms with Crippen molar-refractivity contribution in [1.29, 1.82) is 10.5 Å². The normalized spacial score (nSPS) is 9.72. The lowest BCUT2D eigenvalue weighted by Crippen LogP contribution is -2.03. The molecule has 3 rings (SSSR count). The zero-order valence-electron chi connectivity index (χ0n) is 12.9. The summed E-state index contributed by atoms with van der Waals surface area (Å²) in [5, 5.41) is 23.4. The molecule has 0 bridgehead atoms. The van der Waals surface area contributed by atoms with Gasteiger partial charge in [-0.25, -0.2) is 9.37 Å². The third kappa shape index (κ3) is 3.87. The van der Waals surface area contributed by atoms with Crippen LogP contribution in [0, 0.1) is 28.5 Å². The van der Waals surface area contributed by atoms with Crippen LogP contribution in [0.4, 0.5) is 27.5 Å². The van der Waals surface area contributed by atoms with Crippen molar-refractivity contribution >= 4 is 23.1 Å². The molecule has 2 N–H and O–H groups in total. The van der Waals surface area contributed by atoms with Crippen LogP contribution in [0.3, 0.4) is 0 Å². The largest absolute Gasteiger partial charge is 0.338 e. The van der Waals surface area contributed by atoms with Crippen LogP contribution >= 0.6 is 0 Å². The molecule has 0 fully saturated rings. The van der Waals surface area contributed by atoms with E-state index in [0.717, 1.165) is 6.20 Å². The molecule has 2 aromatic carbocycles. The topological polar surface area (TPSA) is 97.4 Å². The molecule has 0 saturated heterocycles. The minimum Gasteiger partial charge on any atom is -0.338 e. The number of nitrogens with zero attached hydrogens (tertiary/aromatic N) is 4. The number of nitrogens with one attached hydrogen (secondary N) is 2. The maximum Gasteiger partial charge on any atom is 0.229 e. The van der Waals surface area contributed by atoms with Gasteiger partial charge in [0.15, 0.2) is 11.6 Å². The highest BCUT2D eigenvalue weighted by Gasteiger charge is 2.08. The lowest BCUT2D eigenvalue weighted by Gasteiger charge is -2.09. The van der Waals surface area contributed by atoms with Gasteiger partial charge in [0.1, 0.15) is 0 Å². The molecule has 0 aliphatic heterocycles. The van der Waals surface area contributed by atoms with Gasteiger partial charge < -0.3 is 10.6 Å². The maximum atomic E-state index is 13.9. The summed E-state index contributed by atoms with van der Waals surface area (Å²) in [5.41, 5.74) is 2.32. The van der Waals surface area contributed by atoms with Crippen molar-refractivity contribution in [2.24, 2.45) is 0 Å². The quantitative estimate of drug-likeness (QED) is 0.754. The fraction of sp³-hybridized carbons (Fsp3) is 0. The minimum absolute atomic E-state index is 0.0100. The van der Waals surface area contributed by atoms with Gasteiger partial charge in [0.2, 0.25) is 5.95 Å². The van der Waals surface area contributed by atoms with Gasteiger partial charge in [0.05, 0.1) is 29.5 Å². The summed E-state index contributed by atoms with van der Waals surface area (Å²) in [6, 6.07) is 17.3. The Labute approximate surface area is 143 Å². The molecule has 0 amide bonds. The van der Waals surface area contributed by atoms with Gasteiger partial charge in [-0.15, -0.1) is 0 Å². The Morgan fingerprint density at radius 3 is 1.84 bits per heavy atom. The molecule has 1 heterocycles. The molecule has 25 heavy (non-hydrogen) atoms. The molecule has 3 aromatic rings. The van der Waals surface area contributed by atoms with E-state index in [0.29, 0.717) is 22.5 Å². The first kappa shape index (κ1) is 15.9. The molecule has 6 nitrogen and oxygen atoms in total. The predicted molar refractivity (Wildman–Crippen MR) is 90.9 cm³/mol. The monoisotopic (exact) mass is 330 g/mol. The maximum absolute atomic E-state index is 13.9. The molecule has 1 aromatic heterocycles. The number of anilines is 4. The summed E-state index contributed by atoms with van der Waals surface area (Å²) in [6.45, 7) is 0. The van der Waals surface area contributed by atoms with Crippen molar-refractivity contribution in [1.82, 2.24) is 9.97 Å². The van der Waals surface area contributed by atoms with E-state index in [9.17, 15) is 4.39 Å². The molecule has 120 valence electrons. The Balaban J connectivity index is 1.79. The van der Waals surface area contributed by atoms with Crippen LogP contribution in [0.15, 0.2) is 54.7 Å². The minimum atomic E-state index is -0.602. The summed E-state index contributed by atoms with van der Waals surface area (Å²) in [7, 11) is 0. The standard InChI is InChI=1S/C18H11FN6/c19-16-11-22-18(24-15-7-3-13(10-21)4-8-15)25-17(16)23-14-5-1-12(9-20)2-6-14/h1-8,11H,(H2,22,23,24,25). The van der Waals surface area contributed by atoms with Crippen molar-refractivity contribution in [2.75, 3.05) is 10.6 Å². The molecule has 0 aliphatic rings. The Bertz CT molecular complexity index is 968. The molecule has 0 spiro atoms. The van der Waals surface area contributed by atoms with Crippen molar-refractivity contribution in [3.05, 3.63) is 71.7 Å². The lowest BCUT2D eigenvalue weighted by atomic mass is 10.2. The highest BCUT2D eigenvalue weighted by atomic mass is 19.1. The van der Waals surface area contributed by atoms with Crippen LogP contribution in [0.25, 0.3) is 0 Å². The second-order valence-electron chi connectivity index (χ2n) is 5.02. The third-order valence-electron chi connectivity index (χ3n) is 3.29. The van der Waals surface area contributed by atoms with Crippen LogP contribution in [0.1, 0.15) is 11.1 Å². The zero-order chi connectivity index (χ0) is 17.6. The summed E-state index contributed by atoms with van der Waals surface area (Å²) in [4.78, 5) is 8.01. The second-order valence-corrected chi connectivity index (χ2v) is 5.02. The molecule has 0 atom stereocenters. The van der Waals surface area contributed by atoms with Gasteiger partial charge in [0.25, 0.3) is 0 Å². The summed E-state index contributed by atoms with van der Waals surface area (Å²) in [6.07, 6.45) is 1.06. The Hall–Kier alpha value is -3.97. The first-order chi connectivity index (χ1) is 12.2. The van der Waals surface area contributed by atoms with Crippen LogP contribution < -0.4 is 10.6 Å². The van der Waals surface area contributed by atoms with Gasteiger partial charge >= 0.3 is 0 Å². The zero-order valence-corrected chi connectivity index (χ0v) is 12.9. The van der Waals surface area contributed by atoms with Gasteiger partial charge in [-0.1, -0.05) is 0 Å². The van der Waals surface area contributed by atoms with Crippen molar-refractivity contribution in [3.8, 4) is 12.1 Å². The predicted octanol–water partition coefficient (Wildman–Crippen LogP) is 3.85. The van der Waals surface area contributed by atoms with E-state index < -0.39 is 5.82 Å². The fourth-order valence-electron chi connectivity index (χ4n) is 2.04. The van der Waals surface area contributed by atoms with Gasteiger partial charge in [-0.05, 0) is 48.5 Å². The summed E-state index contributed by atoms with van der Waals surface area (Å²) < 4.78 is 13.9. The van der Waals surface area contributed by atoms with Crippen LogP contribution in [-0.4, -0.2) is 9.97 Å². The number of hydrogen-bond acceptors (Lipinski definition) is 6. The highest BCUT2D eigenvalue weighted by molar-refractivity contribution is 5.61. The van der Waals surface area contributed by atoms with Gasteiger partial charge in [-0.2, -0.15) is 15.5 Å². The molecule has 7 heteroatoms. The number of nitriles is 2.